The normalized spacial score (nSPS) is 12.5. The second-order valence-electron chi connectivity index (χ2n) is 5.60. The number of ether oxygens (including phenoxy) is 2. The third-order valence-corrected chi connectivity index (χ3v) is 3.72. The van der Waals surface area contributed by atoms with Crippen LogP contribution in [-0.2, 0) is 11.2 Å². The molecular weight excluding hydrogens is 334 g/mol. The number of hydrogen-bond donors (Lipinski definition) is 1. The summed E-state index contributed by atoms with van der Waals surface area (Å²) in [5.41, 5.74) is 1.87. The van der Waals surface area contributed by atoms with E-state index in [2.05, 4.69) is 15.5 Å². The molecule has 130 valence electrons. The van der Waals surface area contributed by atoms with Crippen LogP contribution in [0, 0.1) is 0 Å². The molecule has 1 aliphatic rings. The van der Waals surface area contributed by atoms with E-state index in [1.54, 1.807) is 6.08 Å². The second kappa shape index (κ2) is 7.10. The van der Waals surface area contributed by atoms with Gasteiger partial charge in [0.2, 0.25) is 12.7 Å². The van der Waals surface area contributed by atoms with Crippen molar-refractivity contribution in [3.63, 3.8) is 0 Å². The molecule has 7 heteroatoms. The zero-order valence-corrected chi connectivity index (χ0v) is 13.7. The van der Waals surface area contributed by atoms with Gasteiger partial charge in [0.25, 0.3) is 5.91 Å². The van der Waals surface area contributed by atoms with E-state index in [9.17, 15) is 4.79 Å². The third-order valence-electron chi connectivity index (χ3n) is 3.72. The Morgan fingerprint density at radius 1 is 1.08 bits per heavy atom. The zero-order chi connectivity index (χ0) is 17.8. The van der Waals surface area contributed by atoms with Crippen LogP contribution in [-0.4, -0.2) is 22.9 Å². The number of anilines is 1. The Bertz CT molecular complexity index is 950. The van der Waals surface area contributed by atoms with E-state index >= 15 is 0 Å². The summed E-state index contributed by atoms with van der Waals surface area (Å²) in [6.45, 7) is 0.228. The van der Waals surface area contributed by atoms with Crippen molar-refractivity contribution in [1.82, 2.24) is 10.2 Å². The van der Waals surface area contributed by atoms with Crippen molar-refractivity contribution >= 4 is 18.0 Å². The van der Waals surface area contributed by atoms with E-state index < -0.39 is 0 Å². The summed E-state index contributed by atoms with van der Waals surface area (Å²) in [5.74, 6) is 1.47. The SMILES string of the molecule is O=C(C=Cc1ccccc1)Nc1nnc(Cc2ccc3c(c2)OCO3)o1. The lowest BCUT2D eigenvalue weighted by Crippen LogP contribution is -2.07. The van der Waals surface area contributed by atoms with E-state index in [0.29, 0.717) is 18.1 Å². The summed E-state index contributed by atoms with van der Waals surface area (Å²) in [7, 11) is 0. The molecule has 0 radical (unpaired) electrons. The van der Waals surface area contributed by atoms with Gasteiger partial charge in [0.15, 0.2) is 11.5 Å². The summed E-state index contributed by atoms with van der Waals surface area (Å²) in [6, 6.07) is 15.2. The molecule has 26 heavy (non-hydrogen) atoms. The number of nitrogens with one attached hydrogen (secondary N) is 1. The minimum absolute atomic E-state index is 0.0588. The van der Waals surface area contributed by atoms with Crippen LogP contribution in [0.3, 0.4) is 0 Å². The molecule has 2 aromatic carbocycles. The van der Waals surface area contributed by atoms with Crippen LogP contribution in [0.15, 0.2) is 59.0 Å². The fourth-order valence-corrected chi connectivity index (χ4v) is 2.48. The highest BCUT2D eigenvalue weighted by Gasteiger charge is 2.15. The summed E-state index contributed by atoms with van der Waals surface area (Å²) in [6.07, 6.45) is 3.55. The lowest BCUT2D eigenvalue weighted by atomic mass is 10.1. The Morgan fingerprint density at radius 2 is 1.92 bits per heavy atom. The highest BCUT2D eigenvalue weighted by Crippen LogP contribution is 2.33. The molecular formula is C19H15N3O4. The van der Waals surface area contributed by atoms with Crippen LogP contribution in [0.4, 0.5) is 6.01 Å². The van der Waals surface area contributed by atoms with Crippen molar-refractivity contribution in [2.24, 2.45) is 0 Å². The molecule has 1 N–H and O–H groups in total. The summed E-state index contributed by atoms with van der Waals surface area (Å²) >= 11 is 0. The van der Waals surface area contributed by atoms with Crippen molar-refractivity contribution < 1.29 is 18.7 Å². The standard InChI is InChI=1S/C19H15N3O4/c23-17(9-7-13-4-2-1-3-5-13)20-19-22-21-18(26-19)11-14-6-8-15-16(10-14)25-12-24-15/h1-10H,11-12H2,(H,20,22,23). The van der Waals surface area contributed by atoms with Crippen LogP contribution < -0.4 is 14.8 Å². The van der Waals surface area contributed by atoms with Gasteiger partial charge in [-0.25, -0.2) is 0 Å². The first kappa shape index (κ1) is 15.9. The minimum Gasteiger partial charge on any atom is -0.454 e. The molecule has 0 spiro atoms. The number of aromatic nitrogens is 2. The number of rotatable bonds is 5. The predicted molar refractivity (Wildman–Crippen MR) is 93.8 cm³/mol. The average molecular weight is 349 g/mol. The zero-order valence-electron chi connectivity index (χ0n) is 13.7. The van der Waals surface area contributed by atoms with E-state index in [4.69, 9.17) is 13.9 Å². The Morgan fingerprint density at radius 3 is 2.81 bits per heavy atom. The highest BCUT2D eigenvalue weighted by atomic mass is 16.7. The first-order valence-electron chi connectivity index (χ1n) is 8.01. The molecule has 0 unspecified atom stereocenters. The molecule has 3 aromatic rings. The molecule has 0 saturated carbocycles. The number of carbonyl (C=O) groups excluding carboxylic acids is 1. The van der Waals surface area contributed by atoms with Gasteiger partial charge in [0.05, 0.1) is 6.42 Å². The molecule has 0 atom stereocenters. The average Bonchev–Trinajstić information content (AvgIpc) is 3.30. The number of carbonyl (C=O) groups is 1. The molecule has 0 fully saturated rings. The van der Waals surface area contributed by atoms with Crippen molar-refractivity contribution in [3.8, 4) is 11.5 Å². The fourth-order valence-electron chi connectivity index (χ4n) is 2.48. The summed E-state index contributed by atoms with van der Waals surface area (Å²) < 4.78 is 16.1. The highest BCUT2D eigenvalue weighted by molar-refractivity contribution is 6.00. The van der Waals surface area contributed by atoms with Crippen molar-refractivity contribution in [1.29, 1.82) is 0 Å². The lowest BCUT2D eigenvalue weighted by Gasteiger charge is -1.99. The van der Waals surface area contributed by atoms with Gasteiger partial charge >= 0.3 is 6.01 Å². The molecule has 4 rings (SSSR count). The molecule has 1 aliphatic heterocycles. The van der Waals surface area contributed by atoms with Crippen LogP contribution in [0.1, 0.15) is 17.0 Å². The number of hydrogen-bond acceptors (Lipinski definition) is 6. The van der Waals surface area contributed by atoms with Crippen LogP contribution in [0.2, 0.25) is 0 Å². The summed E-state index contributed by atoms with van der Waals surface area (Å²) in [5, 5.41) is 10.3. The molecule has 7 nitrogen and oxygen atoms in total. The first-order chi connectivity index (χ1) is 12.8. The van der Waals surface area contributed by atoms with Gasteiger partial charge < -0.3 is 13.9 Å². The second-order valence-corrected chi connectivity index (χ2v) is 5.60. The summed E-state index contributed by atoms with van der Waals surface area (Å²) in [4.78, 5) is 11.9. The van der Waals surface area contributed by atoms with E-state index in [0.717, 1.165) is 16.9 Å². The number of nitrogens with zero attached hydrogens (tertiary/aromatic N) is 2. The van der Waals surface area contributed by atoms with E-state index in [1.165, 1.54) is 6.08 Å². The van der Waals surface area contributed by atoms with Gasteiger partial charge in [0, 0.05) is 6.08 Å². The number of amides is 1. The van der Waals surface area contributed by atoms with Crippen molar-refractivity contribution in [2.75, 3.05) is 12.1 Å². The maximum atomic E-state index is 11.9. The van der Waals surface area contributed by atoms with E-state index in [-0.39, 0.29) is 18.7 Å². The fraction of sp³-hybridized carbons (Fsp3) is 0.105. The Hall–Kier alpha value is -3.61. The first-order valence-corrected chi connectivity index (χ1v) is 8.01. The van der Waals surface area contributed by atoms with Crippen molar-refractivity contribution in [2.45, 2.75) is 6.42 Å². The third kappa shape index (κ3) is 3.72. The van der Waals surface area contributed by atoms with Crippen LogP contribution in [0.5, 0.6) is 11.5 Å². The number of benzene rings is 2. The molecule has 0 bridgehead atoms. The van der Waals surface area contributed by atoms with Crippen molar-refractivity contribution in [3.05, 3.63) is 71.6 Å². The predicted octanol–water partition coefficient (Wildman–Crippen LogP) is 3.04. The lowest BCUT2D eigenvalue weighted by molar-refractivity contribution is -0.112. The smallest absolute Gasteiger partial charge is 0.322 e. The van der Waals surface area contributed by atoms with Gasteiger partial charge in [0.1, 0.15) is 0 Å². The van der Waals surface area contributed by atoms with Crippen LogP contribution >= 0.6 is 0 Å². The van der Waals surface area contributed by atoms with Gasteiger partial charge in [-0.05, 0) is 29.3 Å². The Kier molecular flexibility index (Phi) is 4.34. The van der Waals surface area contributed by atoms with E-state index in [1.807, 2.05) is 48.5 Å². The topological polar surface area (TPSA) is 86.5 Å². The van der Waals surface area contributed by atoms with Gasteiger partial charge in [-0.3, -0.25) is 10.1 Å². The molecule has 2 heterocycles. The molecule has 1 amide bonds. The minimum atomic E-state index is -0.341. The molecule has 0 saturated heterocycles. The maximum absolute atomic E-state index is 11.9. The van der Waals surface area contributed by atoms with Crippen LogP contribution in [0.25, 0.3) is 6.08 Å². The van der Waals surface area contributed by atoms with Gasteiger partial charge in [-0.15, -0.1) is 5.10 Å². The maximum Gasteiger partial charge on any atom is 0.322 e. The Balaban J connectivity index is 1.37. The Labute approximate surface area is 149 Å². The largest absolute Gasteiger partial charge is 0.454 e. The molecule has 1 aromatic heterocycles. The molecule has 0 aliphatic carbocycles. The van der Waals surface area contributed by atoms with Gasteiger partial charge in [-0.1, -0.05) is 41.5 Å². The number of fused-ring (bicyclic) bond motifs is 1. The van der Waals surface area contributed by atoms with Gasteiger partial charge in [-0.2, -0.15) is 0 Å². The quantitative estimate of drug-likeness (QED) is 0.713. The monoisotopic (exact) mass is 349 g/mol.